The minimum Gasteiger partial charge on any atom is -0.368 e. The highest BCUT2D eigenvalue weighted by molar-refractivity contribution is 5.57. The molecule has 1 saturated heterocycles. The van der Waals surface area contributed by atoms with Crippen LogP contribution in [-0.4, -0.2) is 29.1 Å². The third-order valence-electron chi connectivity index (χ3n) is 6.54. The van der Waals surface area contributed by atoms with Gasteiger partial charge in [0, 0.05) is 30.1 Å². The predicted molar refractivity (Wildman–Crippen MR) is 104 cm³/mol. The molecule has 1 atom stereocenters. The number of aromatic nitrogens is 2. The summed E-state index contributed by atoms with van der Waals surface area (Å²) in [4.78, 5) is 11.9. The molecule has 0 radical (unpaired) electrons. The fraction of sp³-hybridized carbons (Fsp3) is 0.524. The van der Waals surface area contributed by atoms with Gasteiger partial charge in [0.05, 0.1) is 5.69 Å². The minimum atomic E-state index is 0.0865. The Morgan fingerprint density at radius 2 is 1.85 bits per heavy atom. The summed E-state index contributed by atoms with van der Waals surface area (Å²) in [6, 6.07) is 9.10. The Bertz CT molecular complexity index is 821. The number of rotatable bonds is 1. The molecule has 1 aromatic heterocycles. The maximum Gasteiger partial charge on any atom is 0.222 e. The van der Waals surface area contributed by atoms with E-state index in [0.717, 1.165) is 44.6 Å². The zero-order valence-electron chi connectivity index (χ0n) is 15.2. The summed E-state index contributed by atoms with van der Waals surface area (Å²) in [5, 5.41) is 0. The molecule has 0 bridgehead atoms. The first-order valence-electron chi connectivity index (χ1n) is 9.89. The zero-order chi connectivity index (χ0) is 17.7. The van der Waals surface area contributed by atoms with Crippen LogP contribution in [0.15, 0.2) is 24.3 Å². The van der Waals surface area contributed by atoms with Crippen molar-refractivity contribution >= 4 is 11.8 Å². The van der Waals surface area contributed by atoms with Crippen molar-refractivity contribution in [2.24, 2.45) is 5.73 Å². The van der Waals surface area contributed by atoms with Crippen LogP contribution in [0.1, 0.15) is 48.1 Å². The molecule has 1 aliphatic heterocycles. The van der Waals surface area contributed by atoms with Gasteiger partial charge >= 0.3 is 0 Å². The molecular formula is C21H27N5. The average molecular weight is 349 g/mol. The van der Waals surface area contributed by atoms with Crippen LogP contribution in [0.4, 0.5) is 11.8 Å². The van der Waals surface area contributed by atoms with Crippen LogP contribution in [0.3, 0.4) is 0 Å². The van der Waals surface area contributed by atoms with Crippen LogP contribution in [0.5, 0.6) is 0 Å². The standard InChI is InChI=1S/C21H27N5/c22-16-8-10-26(13-16)19-17-7-3-4-9-21(18(17)24-20(23)25-19)11-14-5-1-2-6-15(14)12-21/h1-2,5-6,16H,3-4,7-13,22H2,(H2,23,24,25)/t16-/m1/s1. The van der Waals surface area contributed by atoms with Gasteiger partial charge in [0.15, 0.2) is 0 Å². The lowest BCUT2D eigenvalue weighted by Gasteiger charge is -2.31. The molecule has 1 spiro atoms. The molecule has 2 aliphatic carbocycles. The summed E-state index contributed by atoms with van der Waals surface area (Å²) in [5.74, 6) is 1.47. The molecule has 5 heteroatoms. The summed E-state index contributed by atoms with van der Waals surface area (Å²) in [6.07, 6.45) is 7.85. The first kappa shape index (κ1) is 16.1. The zero-order valence-corrected chi connectivity index (χ0v) is 15.2. The number of hydrogen-bond donors (Lipinski definition) is 2. The van der Waals surface area contributed by atoms with E-state index in [1.165, 1.54) is 41.6 Å². The van der Waals surface area contributed by atoms with E-state index in [0.29, 0.717) is 5.95 Å². The van der Waals surface area contributed by atoms with Crippen LogP contribution >= 0.6 is 0 Å². The molecule has 136 valence electrons. The van der Waals surface area contributed by atoms with Crippen LogP contribution in [0.2, 0.25) is 0 Å². The van der Waals surface area contributed by atoms with Crippen molar-refractivity contribution in [3.63, 3.8) is 0 Å². The van der Waals surface area contributed by atoms with Crippen molar-refractivity contribution in [1.29, 1.82) is 0 Å². The van der Waals surface area contributed by atoms with E-state index in [2.05, 4.69) is 34.1 Å². The van der Waals surface area contributed by atoms with Crippen molar-refractivity contribution in [3.05, 3.63) is 46.6 Å². The number of hydrogen-bond acceptors (Lipinski definition) is 5. The summed E-state index contributed by atoms with van der Waals surface area (Å²) in [7, 11) is 0. The van der Waals surface area contributed by atoms with E-state index in [4.69, 9.17) is 16.5 Å². The summed E-state index contributed by atoms with van der Waals surface area (Å²) >= 11 is 0. The topological polar surface area (TPSA) is 81.1 Å². The van der Waals surface area contributed by atoms with E-state index in [9.17, 15) is 0 Å². The largest absolute Gasteiger partial charge is 0.368 e. The molecule has 2 aromatic rings. The van der Waals surface area contributed by atoms with E-state index in [-0.39, 0.29) is 11.5 Å². The highest BCUT2D eigenvalue weighted by Gasteiger charge is 2.43. The lowest BCUT2D eigenvalue weighted by atomic mass is 9.76. The molecule has 0 saturated carbocycles. The number of fused-ring (bicyclic) bond motifs is 3. The Labute approximate surface area is 154 Å². The summed E-state index contributed by atoms with van der Waals surface area (Å²) in [5.41, 5.74) is 18.0. The Morgan fingerprint density at radius 3 is 2.54 bits per heavy atom. The fourth-order valence-corrected chi connectivity index (χ4v) is 5.32. The monoisotopic (exact) mass is 349 g/mol. The fourth-order valence-electron chi connectivity index (χ4n) is 5.32. The third-order valence-corrected chi connectivity index (χ3v) is 6.54. The molecular weight excluding hydrogens is 322 g/mol. The number of nitrogen functional groups attached to an aromatic ring is 1. The molecule has 5 rings (SSSR count). The molecule has 3 aliphatic rings. The number of benzene rings is 1. The molecule has 1 fully saturated rings. The Balaban J connectivity index is 1.64. The van der Waals surface area contributed by atoms with Crippen molar-refractivity contribution < 1.29 is 0 Å². The molecule has 1 aromatic carbocycles. The number of anilines is 2. The van der Waals surface area contributed by atoms with Crippen LogP contribution in [-0.2, 0) is 24.7 Å². The van der Waals surface area contributed by atoms with Crippen molar-refractivity contribution in [2.75, 3.05) is 23.7 Å². The molecule has 2 heterocycles. The van der Waals surface area contributed by atoms with E-state index in [1.807, 2.05) is 0 Å². The first-order valence-corrected chi connectivity index (χ1v) is 9.89. The maximum atomic E-state index is 6.21. The van der Waals surface area contributed by atoms with Crippen LogP contribution in [0, 0.1) is 0 Å². The first-order chi connectivity index (χ1) is 12.6. The van der Waals surface area contributed by atoms with E-state index < -0.39 is 0 Å². The predicted octanol–water partition coefficient (Wildman–Crippen LogP) is 2.36. The smallest absolute Gasteiger partial charge is 0.222 e. The van der Waals surface area contributed by atoms with Gasteiger partial charge in [0.25, 0.3) is 0 Å². The third kappa shape index (κ3) is 2.49. The molecule has 4 N–H and O–H groups in total. The lowest BCUT2D eigenvalue weighted by Crippen LogP contribution is -2.32. The number of nitrogens with zero attached hydrogens (tertiary/aromatic N) is 3. The Kier molecular flexibility index (Phi) is 3.67. The van der Waals surface area contributed by atoms with Gasteiger partial charge in [-0.15, -0.1) is 0 Å². The summed E-state index contributed by atoms with van der Waals surface area (Å²) in [6.45, 7) is 1.84. The normalized spacial score (nSPS) is 23.7. The van der Waals surface area contributed by atoms with Gasteiger partial charge in [-0.1, -0.05) is 30.7 Å². The van der Waals surface area contributed by atoms with Crippen LogP contribution in [0.25, 0.3) is 0 Å². The average Bonchev–Trinajstić information content (AvgIpc) is 3.18. The molecule has 0 unspecified atom stereocenters. The van der Waals surface area contributed by atoms with Gasteiger partial charge in [-0.2, -0.15) is 4.98 Å². The second-order valence-electron chi connectivity index (χ2n) is 8.34. The number of nitrogens with two attached hydrogens (primary N) is 2. The van der Waals surface area contributed by atoms with E-state index in [1.54, 1.807) is 0 Å². The van der Waals surface area contributed by atoms with Gasteiger partial charge in [-0.3, -0.25) is 0 Å². The van der Waals surface area contributed by atoms with Gasteiger partial charge in [0.2, 0.25) is 5.95 Å². The minimum absolute atomic E-state index is 0.0865. The van der Waals surface area contributed by atoms with Crippen molar-refractivity contribution in [2.45, 2.75) is 56.4 Å². The molecule has 0 amide bonds. The van der Waals surface area contributed by atoms with E-state index >= 15 is 0 Å². The van der Waals surface area contributed by atoms with Crippen LogP contribution < -0.4 is 16.4 Å². The Morgan fingerprint density at radius 1 is 1.08 bits per heavy atom. The lowest BCUT2D eigenvalue weighted by molar-refractivity contribution is 0.397. The summed E-state index contributed by atoms with van der Waals surface area (Å²) < 4.78 is 0. The second-order valence-corrected chi connectivity index (χ2v) is 8.34. The second kappa shape index (κ2) is 5.95. The highest BCUT2D eigenvalue weighted by Crippen LogP contribution is 2.47. The van der Waals surface area contributed by atoms with Gasteiger partial charge in [-0.25, -0.2) is 4.98 Å². The highest BCUT2D eigenvalue weighted by atomic mass is 15.2. The van der Waals surface area contributed by atoms with Gasteiger partial charge in [-0.05, 0) is 49.7 Å². The van der Waals surface area contributed by atoms with Gasteiger partial charge in [0.1, 0.15) is 5.82 Å². The maximum absolute atomic E-state index is 6.21. The van der Waals surface area contributed by atoms with Gasteiger partial charge < -0.3 is 16.4 Å². The molecule has 5 nitrogen and oxygen atoms in total. The quantitative estimate of drug-likeness (QED) is 0.826. The van der Waals surface area contributed by atoms with Crippen molar-refractivity contribution in [1.82, 2.24) is 9.97 Å². The van der Waals surface area contributed by atoms with Crippen molar-refractivity contribution in [3.8, 4) is 0 Å². The Hall–Kier alpha value is -2.14. The molecule has 26 heavy (non-hydrogen) atoms. The SMILES string of the molecule is Nc1nc(N2CC[C@@H](N)C2)c2c(n1)C1(CCCC2)Cc2ccccc2C1.